The number of amides is 1. The van der Waals surface area contributed by atoms with Crippen molar-refractivity contribution in [2.24, 2.45) is 0 Å². The van der Waals surface area contributed by atoms with E-state index in [1.807, 2.05) is 37.3 Å². The molecule has 3 aromatic carbocycles. The van der Waals surface area contributed by atoms with Crippen LogP contribution in [0.2, 0.25) is 5.02 Å². The molecular weight excluding hydrogens is 338 g/mol. The lowest BCUT2D eigenvalue weighted by atomic mass is 10.0. The van der Waals surface area contributed by atoms with Crippen molar-refractivity contribution >= 4 is 39.9 Å². The summed E-state index contributed by atoms with van der Waals surface area (Å²) >= 11 is 6.00. The minimum absolute atomic E-state index is 0.225. The van der Waals surface area contributed by atoms with Crippen molar-refractivity contribution in [3.05, 3.63) is 70.7 Å². The summed E-state index contributed by atoms with van der Waals surface area (Å²) < 4.78 is 5.24. The van der Waals surface area contributed by atoms with E-state index in [0.717, 1.165) is 16.3 Å². The first-order valence-electron chi connectivity index (χ1n) is 7.73. The van der Waals surface area contributed by atoms with Gasteiger partial charge < -0.3 is 10.1 Å². The number of hydrogen-bond donors (Lipinski definition) is 1. The molecule has 0 aliphatic carbocycles. The van der Waals surface area contributed by atoms with E-state index in [2.05, 4.69) is 5.32 Å². The number of benzene rings is 3. The van der Waals surface area contributed by atoms with Gasteiger partial charge in [0.05, 0.1) is 5.56 Å². The molecule has 0 aliphatic heterocycles. The lowest BCUT2D eigenvalue weighted by Gasteiger charge is -2.13. The molecule has 3 rings (SSSR count). The highest BCUT2D eigenvalue weighted by Gasteiger charge is 2.17. The average molecular weight is 354 g/mol. The molecule has 1 amide bonds. The largest absolute Gasteiger partial charge is 0.426 e. The zero-order valence-corrected chi connectivity index (χ0v) is 14.6. The Morgan fingerprint density at radius 1 is 1.00 bits per heavy atom. The van der Waals surface area contributed by atoms with Crippen molar-refractivity contribution in [1.82, 2.24) is 0 Å². The number of anilines is 1. The molecule has 0 saturated heterocycles. The molecule has 1 N–H and O–H groups in total. The fourth-order valence-corrected chi connectivity index (χ4v) is 2.73. The SMILES string of the molecule is CC(=O)Oc1cc2ccccc2cc1C(=O)Nc1cc(Cl)ccc1C. The van der Waals surface area contributed by atoms with Gasteiger partial charge >= 0.3 is 5.97 Å². The van der Waals surface area contributed by atoms with Crippen LogP contribution in [-0.2, 0) is 4.79 Å². The van der Waals surface area contributed by atoms with Gasteiger partial charge in [0.15, 0.2) is 0 Å². The zero-order chi connectivity index (χ0) is 18.0. The van der Waals surface area contributed by atoms with Crippen LogP contribution in [0.3, 0.4) is 0 Å². The summed E-state index contributed by atoms with van der Waals surface area (Å²) in [6, 6.07) is 16.2. The highest BCUT2D eigenvalue weighted by Crippen LogP contribution is 2.28. The summed E-state index contributed by atoms with van der Waals surface area (Å²) in [5.41, 5.74) is 1.78. The summed E-state index contributed by atoms with van der Waals surface area (Å²) in [7, 11) is 0. The third-order valence-electron chi connectivity index (χ3n) is 3.79. The molecule has 4 nitrogen and oxygen atoms in total. The molecule has 0 aromatic heterocycles. The molecule has 0 bridgehead atoms. The van der Waals surface area contributed by atoms with Crippen LogP contribution in [0.25, 0.3) is 10.8 Å². The van der Waals surface area contributed by atoms with E-state index in [1.165, 1.54) is 6.92 Å². The predicted molar refractivity (Wildman–Crippen MR) is 99.4 cm³/mol. The van der Waals surface area contributed by atoms with Crippen LogP contribution in [0.15, 0.2) is 54.6 Å². The van der Waals surface area contributed by atoms with Gasteiger partial charge in [-0.05, 0) is 47.5 Å². The van der Waals surface area contributed by atoms with Gasteiger partial charge in [-0.2, -0.15) is 0 Å². The molecular formula is C20H16ClNO3. The van der Waals surface area contributed by atoms with Crippen LogP contribution in [0.4, 0.5) is 5.69 Å². The fourth-order valence-electron chi connectivity index (χ4n) is 2.55. The second kappa shape index (κ2) is 6.95. The first kappa shape index (κ1) is 17.0. The zero-order valence-electron chi connectivity index (χ0n) is 13.8. The van der Waals surface area contributed by atoms with E-state index in [1.54, 1.807) is 24.3 Å². The Morgan fingerprint density at radius 3 is 2.36 bits per heavy atom. The van der Waals surface area contributed by atoms with Gasteiger partial charge in [0.2, 0.25) is 0 Å². The third-order valence-corrected chi connectivity index (χ3v) is 4.03. The highest BCUT2D eigenvalue weighted by atomic mass is 35.5. The Kier molecular flexibility index (Phi) is 4.72. The van der Waals surface area contributed by atoms with E-state index in [-0.39, 0.29) is 17.2 Å². The number of esters is 1. The van der Waals surface area contributed by atoms with E-state index in [9.17, 15) is 9.59 Å². The molecule has 0 spiro atoms. The highest BCUT2D eigenvalue weighted by molar-refractivity contribution is 6.31. The van der Waals surface area contributed by atoms with E-state index in [0.29, 0.717) is 10.7 Å². The topological polar surface area (TPSA) is 55.4 Å². The van der Waals surface area contributed by atoms with Gasteiger partial charge in [0, 0.05) is 17.6 Å². The monoisotopic (exact) mass is 353 g/mol. The average Bonchev–Trinajstić information content (AvgIpc) is 2.57. The van der Waals surface area contributed by atoms with Gasteiger partial charge in [-0.3, -0.25) is 9.59 Å². The van der Waals surface area contributed by atoms with Crippen LogP contribution in [-0.4, -0.2) is 11.9 Å². The quantitative estimate of drug-likeness (QED) is 0.533. The number of carbonyl (C=O) groups excluding carboxylic acids is 2. The van der Waals surface area contributed by atoms with Crippen LogP contribution >= 0.6 is 11.6 Å². The third kappa shape index (κ3) is 3.80. The Balaban J connectivity index is 2.04. The van der Waals surface area contributed by atoms with Crippen molar-refractivity contribution in [1.29, 1.82) is 0 Å². The number of hydrogen-bond acceptors (Lipinski definition) is 3. The molecule has 0 fully saturated rings. The standard InChI is InChI=1S/C20H16ClNO3/c1-12-7-8-16(21)11-18(12)22-20(24)17-9-14-5-3-4-6-15(14)10-19(17)25-13(2)23/h3-11H,1-2H3,(H,22,24). The lowest BCUT2D eigenvalue weighted by Crippen LogP contribution is -2.15. The molecule has 0 saturated carbocycles. The maximum absolute atomic E-state index is 12.8. The molecule has 0 radical (unpaired) electrons. The van der Waals surface area contributed by atoms with Crippen LogP contribution in [0.1, 0.15) is 22.8 Å². The molecule has 126 valence electrons. The molecule has 5 heteroatoms. The van der Waals surface area contributed by atoms with E-state index >= 15 is 0 Å². The number of carbonyl (C=O) groups is 2. The summed E-state index contributed by atoms with van der Waals surface area (Å²) in [5.74, 6) is -0.626. The van der Waals surface area contributed by atoms with Gasteiger partial charge in [-0.15, -0.1) is 0 Å². The van der Waals surface area contributed by atoms with E-state index in [4.69, 9.17) is 16.3 Å². The van der Waals surface area contributed by atoms with Crippen molar-refractivity contribution in [2.45, 2.75) is 13.8 Å². The number of aryl methyl sites for hydroxylation is 1. The molecule has 0 atom stereocenters. The van der Waals surface area contributed by atoms with Gasteiger partial charge in [-0.1, -0.05) is 41.9 Å². The number of ether oxygens (including phenoxy) is 1. The molecule has 25 heavy (non-hydrogen) atoms. The Morgan fingerprint density at radius 2 is 1.68 bits per heavy atom. The van der Waals surface area contributed by atoms with Crippen molar-refractivity contribution in [2.75, 3.05) is 5.32 Å². The maximum Gasteiger partial charge on any atom is 0.308 e. The van der Waals surface area contributed by atoms with Gasteiger partial charge in [-0.25, -0.2) is 0 Å². The first-order valence-corrected chi connectivity index (χ1v) is 8.10. The lowest BCUT2D eigenvalue weighted by molar-refractivity contribution is -0.131. The van der Waals surface area contributed by atoms with Crippen LogP contribution in [0.5, 0.6) is 5.75 Å². The Bertz CT molecular complexity index is 982. The molecule has 0 aliphatic rings. The van der Waals surface area contributed by atoms with Gasteiger partial charge in [0.25, 0.3) is 5.91 Å². The number of rotatable bonds is 3. The van der Waals surface area contributed by atoms with Crippen molar-refractivity contribution < 1.29 is 14.3 Å². The normalized spacial score (nSPS) is 10.5. The minimum Gasteiger partial charge on any atom is -0.426 e. The van der Waals surface area contributed by atoms with Gasteiger partial charge in [0.1, 0.15) is 5.75 Å². The minimum atomic E-state index is -0.483. The Labute approximate surface area is 150 Å². The second-order valence-corrected chi connectivity index (χ2v) is 6.14. The summed E-state index contributed by atoms with van der Waals surface area (Å²) in [6.45, 7) is 3.18. The second-order valence-electron chi connectivity index (χ2n) is 5.70. The first-order chi connectivity index (χ1) is 11.9. The summed E-state index contributed by atoms with van der Waals surface area (Å²) in [4.78, 5) is 24.2. The molecule has 0 unspecified atom stereocenters. The van der Waals surface area contributed by atoms with Crippen molar-refractivity contribution in [3.8, 4) is 5.75 Å². The maximum atomic E-state index is 12.8. The Hall–Kier alpha value is -2.85. The number of halogens is 1. The smallest absolute Gasteiger partial charge is 0.308 e. The summed E-state index contributed by atoms with van der Waals surface area (Å²) in [5, 5.41) is 5.12. The molecule has 0 heterocycles. The van der Waals surface area contributed by atoms with Crippen LogP contribution < -0.4 is 10.1 Å². The molecule has 3 aromatic rings. The fraction of sp³-hybridized carbons (Fsp3) is 0.100. The summed E-state index contributed by atoms with van der Waals surface area (Å²) in [6.07, 6.45) is 0. The van der Waals surface area contributed by atoms with E-state index < -0.39 is 5.97 Å². The number of fused-ring (bicyclic) bond motifs is 1. The van der Waals surface area contributed by atoms with Crippen LogP contribution in [0, 0.1) is 6.92 Å². The van der Waals surface area contributed by atoms with Crippen molar-refractivity contribution in [3.63, 3.8) is 0 Å². The predicted octanol–water partition coefficient (Wildman–Crippen LogP) is 4.98. The number of nitrogens with one attached hydrogen (secondary N) is 1.